The van der Waals surface area contributed by atoms with E-state index in [0.29, 0.717) is 31.6 Å². The van der Waals surface area contributed by atoms with Crippen LogP contribution in [0.25, 0.3) is 5.69 Å². The van der Waals surface area contributed by atoms with Crippen molar-refractivity contribution in [3.05, 3.63) is 41.7 Å². The number of cyclic esters (lactones) is 1. The minimum absolute atomic E-state index is 0.0538. The number of aromatic nitrogens is 3. The Morgan fingerprint density at radius 1 is 0.892 bits per heavy atom. The molecule has 5 rings (SSSR count). The Labute approximate surface area is 387 Å². The maximum absolute atomic E-state index is 14.7. The quantitative estimate of drug-likeness (QED) is 0.245. The number of methoxy groups -OCH3 is 2. The second kappa shape index (κ2) is 23.1. The Kier molecular flexibility index (Phi) is 18.9. The lowest BCUT2D eigenvalue weighted by molar-refractivity contribution is -0.319. The van der Waals surface area contributed by atoms with Crippen molar-refractivity contribution in [2.24, 2.45) is 23.7 Å². The molecule has 3 fully saturated rings. The van der Waals surface area contributed by atoms with Gasteiger partial charge in [-0.3, -0.25) is 4.79 Å². The van der Waals surface area contributed by atoms with E-state index in [1.165, 1.54) is 5.56 Å². The second-order valence-electron chi connectivity index (χ2n) is 19.9. The zero-order valence-electron chi connectivity index (χ0n) is 41.5. The highest BCUT2D eigenvalue weighted by atomic mass is 16.7. The van der Waals surface area contributed by atoms with E-state index in [2.05, 4.69) is 29.4 Å². The largest absolute Gasteiger partial charge is 0.458 e. The first-order valence-corrected chi connectivity index (χ1v) is 23.5. The highest BCUT2D eigenvalue weighted by Crippen LogP contribution is 2.41. The number of aliphatic hydroxyl groups is 3. The molecular weight excluding hydrogens is 839 g/mol. The average molecular weight is 920 g/mol. The Balaban J connectivity index is 1.50. The van der Waals surface area contributed by atoms with Crippen molar-refractivity contribution < 1.29 is 58.0 Å². The summed E-state index contributed by atoms with van der Waals surface area (Å²) in [5, 5.41) is 43.4. The number of aryl methyl sites for hydroxylation is 1. The van der Waals surface area contributed by atoms with Crippen molar-refractivity contribution in [2.45, 2.75) is 173 Å². The molecule has 17 nitrogen and oxygen atoms in total. The normalized spacial score (nSPS) is 39.7. The fourth-order valence-corrected chi connectivity index (χ4v) is 10.1. The van der Waals surface area contributed by atoms with Crippen LogP contribution in [-0.4, -0.2) is 180 Å². The van der Waals surface area contributed by atoms with E-state index in [0.717, 1.165) is 12.1 Å². The molecule has 0 aliphatic carbocycles. The Morgan fingerprint density at radius 3 is 2.20 bits per heavy atom. The van der Waals surface area contributed by atoms with E-state index < -0.39 is 84.3 Å². The van der Waals surface area contributed by atoms with Crippen molar-refractivity contribution in [2.75, 3.05) is 55.1 Å². The van der Waals surface area contributed by atoms with E-state index in [-0.39, 0.29) is 43.6 Å². The maximum atomic E-state index is 14.7. The minimum Gasteiger partial charge on any atom is -0.458 e. The lowest BCUT2D eigenvalue weighted by atomic mass is 9.75. The topological polar surface area (TPSA) is 189 Å². The molecule has 0 unspecified atom stereocenters. The van der Waals surface area contributed by atoms with Crippen molar-refractivity contribution in [1.29, 1.82) is 0 Å². The van der Waals surface area contributed by atoms with Gasteiger partial charge in [0.25, 0.3) is 0 Å². The van der Waals surface area contributed by atoms with Gasteiger partial charge in [0.2, 0.25) is 0 Å². The highest BCUT2D eigenvalue weighted by molar-refractivity contribution is 5.73. The number of benzene rings is 1. The summed E-state index contributed by atoms with van der Waals surface area (Å²) in [6, 6.07) is 7.87. The molecule has 0 radical (unpaired) electrons. The average Bonchev–Trinajstić information content (AvgIpc) is 3.74. The summed E-state index contributed by atoms with van der Waals surface area (Å²) in [5.74, 6) is -2.57. The molecule has 17 heteroatoms. The fraction of sp³-hybridized carbons (Fsp3) is 0.812. The van der Waals surface area contributed by atoms with Crippen LogP contribution in [0.5, 0.6) is 0 Å². The summed E-state index contributed by atoms with van der Waals surface area (Å²) in [4.78, 5) is 18.7. The number of rotatable bonds is 13. The zero-order chi connectivity index (χ0) is 48.0. The van der Waals surface area contributed by atoms with Gasteiger partial charge in [0.05, 0.1) is 72.7 Å². The van der Waals surface area contributed by atoms with Gasteiger partial charge in [0.1, 0.15) is 24.0 Å². The van der Waals surface area contributed by atoms with E-state index in [9.17, 15) is 20.1 Å². The summed E-state index contributed by atoms with van der Waals surface area (Å²) < 4.78 is 53.2. The minimum atomic E-state index is -1.11. The van der Waals surface area contributed by atoms with Gasteiger partial charge >= 0.3 is 5.97 Å². The van der Waals surface area contributed by atoms with Crippen LogP contribution >= 0.6 is 0 Å². The van der Waals surface area contributed by atoms with Crippen LogP contribution in [0.4, 0.5) is 0 Å². The van der Waals surface area contributed by atoms with E-state index in [1.54, 1.807) is 32.7 Å². The molecule has 3 aliphatic heterocycles. The van der Waals surface area contributed by atoms with E-state index in [4.69, 9.17) is 37.9 Å². The molecule has 0 amide bonds. The number of esters is 1. The third kappa shape index (κ3) is 13.1. The van der Waals surface area contributed by atoms with Gasteiger partial charge in [-0.25, -0.2) is 4.68 Å². The van der Waals surface area contributed by atoms with Crippen molar-refractivity contribution in [1.82, 2.24) is 24.8 Å². The second-order valence-corrected chi connectivity index (χ2v) is 19.9. The van der Waals surface area contributed by atoms with Gasteiger partial charge in [0, 0.05) is 45.7 Å². The number of ether oxygens (including phenoxy) is 8. The predicted octanol–water partition coefficient (Wildman–Crippen LogP) is 4.00. The molecule has 4 heterocycles. The van der Waals surface area contributed by atoms with Crippen molar-refractivity contribution in [3.8, 4) is 5.69 Å². The van der Waals surface area contributed by atoms with E-state index >= 15 is 0 Å². The Hall–Kier alpha value is -2.65. The maximum Gasteiger partial charge on any atom is 0.311 e. The molecule has 1 aromatic carbocycles. The zero-order valence-corrected chi connectivity index (χ0v) is 41.5. The summed E-state index contributed by atoms with van der Waals surface area (Å²) in [5.41, 5.74) is 0.606. The molecule has 0 bridgehead atoms. The van der Waals surface area contributed by atoms with Crippen molar-refractivity contribution >= 4 is 5.97 Å². The molecule has 65 heavy (non-hydrogen) atoms. The number of aliphatic hydroxyl groups excluding tert-OH is 3. The molecule has 3 N–H and O–H groups in total. The van der Waals surface area contributed by atoms with Gasteiger partial charge in [-0.15, -0.1) is 5.10 Å². The molecule has 370 valence electrons. The predicted molar refractivity (Wildman–Crippen MR) is 243 cm³/mol. The van der Waals surface area contributed by atoms with Crippen molar-refractivity contribution in [3.63, 3.8) is 0 Å². The first kappa shape index (κ1) is 53.3. The van der Waals surface area contributed by atoms with Gasteiger partial charge in [-0.2, -0.15) is 0 Å². The monoisotopic (exact) mass is 920 g/mol. The number of hydrogen-bond donors (Lipinski definition) is 3. The lowest BCUT2D eigenvalue weighted by Crippen LogP contribution is -2.61. The van der Waals surface area contributed by atoms with Crippen LogP contribution < -0.4 is 0 Å². The van der Waals surface area contributed by atoms with Crippen LogP contribution in [0, 0.1) is 23.7 Å². The molecule has 3 saturated heterocycles. The SMILES string of the molecule is CCc1ccc(-n2cc(COC[C@H]3CN(C)C[C@@H](C)[C@@H](O)[C@H](C)C[C@@](C)(OC)[C@H](O[C@@H]4O[C@H](C)C[C@H](N(C)C)[C@H]4O)[C@@H](C)[C@H](O[C@H]4C[C@@](C)(OC)[C@@H](O)[C@H](C)O4)[C@@H](C)C(=O)O3)nn2)cc1. The highest BCUT2D eigenvalue weighted by Gasteiger charge is 2.52. The first-order chi connectivity index (χ1) is 30.6. The molecule has 1 aromatic heterocycles. The molecule has 2 aromatic rings. The molecule has 0 spiro atoms. The molecule has 17 atom stereocenters. The summed E-state index contributed by atoms with van der Waals surface area (Å²) in [6.45, 7) is 18.3. The van der Waals surface area contributed by atoms with Gasteiger partial charge in [-0.1, -0.05) is 45.0 Å². The number of hydrogen-bond acceptors (Lipinski definition) is 16. The van der Waals surface area contributed by atoms with Gasteiger partial charge in [0.15, 0.2) is 12.6 Å². The third-order valence-electron chi connectivity index (χ3n) is 14.3. The molecule has 0 saturated carbocycles. The summed E-state index contributed by atoms with van der Waals surface area (Å²) in [6.07, 6.45) is -4.24. The fourth-order valence-electron chi connectivity index (χ4n) is 10.1. The smallest absolute Gasteiger partial charge is 0.311 e. The lowest BCUT2D eigenvalue weighted by Gasteiger charge is -2.49. The number of likely N-dealkylation sites (N-methyl/N-ethyl adjacent to an activating group) is 2. The summed E-state index contributed by atoms with van der Waals surface area (Å²) >= 11 is 0. The number of carbonyl (C=O) groups is 1. The van der Waals surface area contributed by atoms with Gasteiger partial charge in [-0.05, 0) is 105 Å². The third-order valence-corrected chi connectivity index (χ3v) is 14.3. The van der Waals surface area contributed by atoms with E-state index in [1.807, 2.05) is 90.8 Å². The first-order valence-electron chi connectivity index (χ1n) is 23.5. The van der Waals surface area contributed by atoms with Crippen LogP contribution in [0.2, 0.25) is 0 Å². The standard InChI is InChI=1S/C48H81N5O12/c1-15-34-16-18-36(19-17-34)53-24-35(49-50-53)26-60-27-37-25-52(12)23-29(3)40(54)28(2)21-48(9,59-14)44(65-46-41(55)38(51(10)11)20-30(4)61-46)31(5)42(32(6)45(57)63-37)64-39-22-47(8,58-13)43(56)33(7)62-39/h16-19,24,28-33,37-44,46,54-56H,15,20-23,25-27H2,1-14H3/t28-,29-,30-,31+,32-,33+,37-,38+,39+,40+,41-,42+,43+,44-,46+,47-,48-/m1/s1. The summed E-state index contributed by atoms with van der Waals surface area (Å²) in [7, 11) is 8.92. The molecular formula is C48H81N5O12. The van der Waals surface area contributed by atoms with Crippen LogP contribution in [0.3, 0.4) is 0 Å². The Bertz CT molecular complexity index is 1770. The Morgan fingerprint density at radius 2 is 1.57 bits per heavy atom. The van der Waals surface area contributed by atoms with Crippen LogP contribution in [0.1, 0.15) is 92.8 Å². The van der Waals surface area contributed by atoms with Crippen LogP contribution in [0.15, 0.2) is 30.5 Å². The van der Waals surface area contributed by atoms with Crippen LogP contribution in [-0.2, 0) is 55.7 Å². The number of nitrogens with zero attached hydrogens (tertiary/aromatic N) is 5. The van der Waals surface area contributed by atoms with Gasteiger partial charge < -0.3 is 63.0 Å². The molecule has 3 aliphatic rings. The number of carbonyl (C=O) groups excluding carboxylic acids is 1.